The SMILES string of the molecule is CCCN1CC(NC(=O)C2CC(c3ccc(O)cc3)NN2)CC1=O. The standard InChI is InChI=1S/C17H24N4O3/c1-2-7-21-10-12(8-16(21)23)18-17(24)15-9-14(19-20-15)11-3-5-13(22)6-4-11/h3-6,12,14-15,19-20,22H,2,7-10H2,1H3,(H,18,24). The summed E-state index contributed by atoms with van der Waals surface area (Å²) in [5.41, 5.74) is 7.15. The van der Waals surface area contributed by atoms with Gasteiger partial charge in [-0.25, -0.2) is 10.9 Å². The van der Waals surface area contributed by atoms with Gasteiger partial charge in [-0.1, -0.05) is 19.1 Å². The van der Waals surface area contributed by atoms with Crippen LogP contribution in [0.15, 0.2) is 24.3 Å². The summed E-state index contributed by atoms with van der Waals surface area (Å²) in [6, 6.07) is 6.53. The van der Waals surface area contributed by atoms with Crippen molar-refractivity contribution in [1.29, 1.82) is 0 Å². The van der Waals surface area contributed by atoms with E-state index in [1.807, 2.05) is 24.0 Å². The van der Waals surface area contributed by atoms with E-state index in [1.54, 1.807) is 12.1 Å². The van der Waals surface area contributed by atoms with E-state index in [1.165, 1.54) is 0 Å². The van der Waals surface area contributed by atoms with E-state index in [-0.39, 0.29) is 35.7 Å². The lowest BCUT2D eigenvalue weighted by Gasteiger charge is -2.17. The number of phenolic OH excluding ortho intramolecular Hbond substituents is 1. The number of nitrogens with zero attached hydrogens (tertiary/aromatic N) is 1. The fourth-order valence-corrected chi connectivity index (χ4v) is 3.31. The van der Waals surface area contributed by atoms with Gasteiger partial charge < -0.3 is 15.3 Å². The number of carbonyl (C=O) groups is 2. The van der Waals surface area contributed by atoms with Crippen LogP contribution in [0.2, 0.25) is 0 Å². The van der Waals surface area contributed by atoms with Crippen molar-refractivity contribution in [3.8, 4) is 5.75 Å². The molecule has 130 valence electrons. The number of hydrazine groups is 1. The molecule has 24 heavy (non-hydrogen) atoms. The highest BCUT2D eigenvalue weighted by Gasteiger charge is 2.34. The summed E-state index contributed by atoms with van der Waals surface area (Å²) in [6.45, 7) is 3.38. The molecule has 2 aliphatic heterocycles. The molecule has 0 aliphatic carbocycles. The molecule has 0 radical (unpaired) electrons. The first-order chi connectivity index (χ1) is 11.6. The van der Waals surface area contributed by atoms with Crippen molar-refractivity contribution < 1.29 is 14.7 Å². The van der Waals surface area contributed by atoms with Gasteiger partial charge in [0, 0.05) is 25.6 Å². The third kappa shape index (κ3) is 3.68. The lowest BCUT2D eigenvalue weighted by molar-refractivity contribution is -0.127. The molecule has 1 aromatic carbocycles. The molecule has 7 nitrogen and oxygen atoms in total. The van der Waals surface area contributed by atoms with Crippen molar-refractivity contribution in [3.63, 3.8) is 0 Å². The fraction of sp³-hybridized carbons (Fsp3) is 0.529. The lowest BCUT2D eigenvalue weighted by Crippen LogP contribution is -2.47. The average molecular weight is 332 g/mol. The molecule has 0 bridgehead atoms. The average Bonchev–Trinajstić information content (AvgIpc) is 3.16. The highest BCUT2D eigenvalue weighted by atomic mass is 16.3. The summed E-state index contributed by atoms with van der Waals surface area (Å²) < 4.78 is 0. The predicted octanol–water partition coefficient (Wildman–Crippen LogP) is 0.427. The van der Waals surface area contributed by atoms with Crippen molar-refractivity contribution in [3.05, 3.63) is 29.8 Å². The number of hydrogen-bond acceptors (Lipinski definition) is 5. The van der Waals surface area contributed by atoms with Gasteiger partial charge in [-0.2, -0.15) is 0 Å². The van der Waals surface area contributed by atoms with Crippen LogP contribution in [0.1, 0.15) is 37.8 Å². The van der Waals surface area contributed by atoms with Crippen molar-refractivity contribution in [2.24, 2.45) is 0 Å². The minimum atomic E-state index is -0.334. The normalized spacial score (nSPS) is 26.8. The van der Waals surface area contributed by atoms with E-state index in [0.29, 0.717) is 19.4 Å². The van der Waals surface area contributed by atoms with Crippen molar-refractivity contribution >= 4 is 11.8 Å². The summed E-state index contributed by atoms with van der Waals surface area (Å²) in [5, 5.41) is 12.3. The first-order valence-corrected chi connectivity index (χ1v) is 8.45. The molecule has 2 heterocycles. The molecule has 3 atom stereocenters. The molecule has 3 rings (SSSR count). The van der Waals surface area contributed by atoms with E-state index < -0.39 is 0 Å². The number of likely N-dealkylation sites (tertiary alicyclic amines) is 1. The molecule has 2 fully saturated rings. The second-order valence-electron chi connectivity index (χ2n) is 6.47. The number of benzene rings is 1. The highest BCUT2D eigenvalue weighted by Crippen LogP contribution is 2.24. The molecule has 3 unspecified atom stereocenters. The van der Waals surface area contributed by atoms with Crippen LogP contribution < -0.4 is 16.2 Å². The van der Waals surface area contributed by atoms with Crippen LogP contribution >= 0.6 is 0 Å². The Morgan fingerprint density at radius 1 is 1.33 bits per heavy atom. The van der Waals surface area contributed by atoms with Crippen molar-refractivity contribution in [1.82, 2.24) is 21.1 Å². The molecule has 0 spiro atoms. The zero-order valence-electron chi connectivity index (χ0n) is 13.8. The Morgan fingerprint density at radius 2 is 2.08 bits per heavy atom. The molecular weight excluding hydrogens is 308 g/mol. The molecule has 7 heteroatoms. The summed E-state index contributed by atoms with van der Waals surface area (Å²) in [5.74, 6) is 0.253. The number of amides is 2. The minimum Gasteiger partial charge on any atom is -0.508 e. The van der Waals surface area contributed by atoms with Gasteiger partial charge in [0.1, 0.15) is 11.8 Å². The molecule has 2 saturated heterocycles. The van der Waals surface area contributed by atoms with Crippen LogP contribution in [0.4, 0.5) is 0 Å². The fourth-order valence-electron chi connectivity index (χ4n) is 3.31. The maximum absolute atomic E-state index is 12.4. The Hall–Kier alpha value is -2.12. The molecule has 0 aromatic heterocycles. The summed E-state index contributed by atoms with van der Waals surface area (Å²) >= 11 is 0. The minimum absolute atomic E-state index is 0.0168. The van der Waals surface area contributed by atoms with Gasteiger partial charge in [0.2, 0.25) is 11.8 Å². The first-order valence-electron chi connectivity index (χ1n) is 8.45. The molecule has 2 amide bonds. The zero-order chi connectivity index (χ0) is 17.1. The maximum Gasteiger partial charge on any atom is 0.238 e. The van der Waals surface area contributed by atoms with Gasteiger partial charge in [0.05, 0.1) is 6.04 Å². The molecule has 1 aromatic rings. The summed E-state index contributed by atoms with van der Waals surface area (Å²) in [7, 11) is 0. The quantitative estimate of drug-likeness (QED) is 0.627. The van der Waals surface area contributed by atoms with Crippen molar-refractivity contribution in [2.75, 3.05) is 13.1 Å². The predicted molar refractivity (Wildman–Crippen MR) is 88.9 cm³/mol. The number of phenols is 1. The molecule has 4 N–H and O–H groups in total. The Kier molecular flexibility index (Phi) is 5.01. The number of nitrogens with one attached hydrogen (secondary N) is 3. The third-order valence-electron chi connectivity index (χ3n) is 4.57. The summed E-state index contributed by atoms with van der Waals surface area (Å²) in [4.78, 5) is 26.1. The Morgan fingerprint density at radius 3 is 2.79 bits per heavy atom. The monoisotopic (exact) mass is 332 g/mol. The Balaban J connectivity index is 1.52. The van der Waals surface area contributed by atoms with Gasteiger partial charge in [-0.3, -0.25) is 9.59 Å². The van der Waals surface area contributed by atoms with Crippen LogP contribution in [0, 0.1) is 0 Å². The Labute approximate surface area is 141 Å². The van der Waals surface area contributed by atoms with Crippen LogP contribution in [0.3, 0.4) is 0 Å². The van der Waals surface area contributed by atoms with E-state index in [0.717, 1.165) is 18.5 Å². The van der Waals surface area contributed by atoms with E-state index >= 15 is 0 Å². The van der Waals surface area contributed by atoms with E-state index in [4.69, 9.17) is 0 Å². The number of carbonyl (C=O) groups excluding carboxylic acids is 2. The van der Waals surface area contributed by atoms with Gasteiger partial charge in [-0.05, 0) is 30.5 Å². The number of hydrogen-bond donors (Lipinski definition) is 4. The molecule has 0 saturated carbocycles. The van der Waals surface area contributed by atoms with Crippen LogP contribution in [0.25, 0.3) is 0 Å². The van der Waals surface area contributed by atoms with Gasteiger partial charge >= 0.3 is 0 Å². The summed E-state index contributed by atoms with van der Waals surface area (Å²) in [6.07, 6.45) is 1.93. The highest BCUT2D eigenvalue weighted by molar-refractivity contribution is 5.85. The maximum atomic E-state index is 12.4. The smallest absolute Gasteiger partial charge is 0.238 e. The largest absolute Gasteiger partial charge is 0.508 e. The Bertz CT molecular complexity index is 604. The van der Waals surface area contributed by atoms with E-state index in [9.17, 15) is 14.7 Å². The number of rotatable bonds is 5. The topological polar surface area (TPSA) is 93.7 Å². The van der Waals surface area contributed by atoms with Gasteiger partial charge in [0.25, 0.3) is 0 Å². The van der Waals surface area contributed by atoms with Crippen LogP contribution in [0.5, 0.6) is 5.75 Å². The first kappa shape index (κ1) is 16.7. The molecule has 2 aliphatic rings. The second-order valence-corrected chi connectivity index (χ2v) is 6.47. The zero-order valence-corrected chi connectivity index (χ0v) is 13.8. The van der Waals surface area contributed by atoms with Gasteiger partial charge in [0.15, 0.2) is 0 Å². The van der Waals surface area contributed by atoms with Gasteiger partial charge in [-0.15, -0.1) is 0 Å². The second kappa shape index (κ2) is 7.19. The van der Waals surface area contributed by atoms with Crippen LogP contribution in [-0.4, -0.2) is 47.0 Å². The van der Waals surface area contributed by atoms with Crippen molar-refractivity contribution in [2.45, 2.75) is 44.3 Å². The molecular formula is C17H24N4O3. The lowest BCUT2D eigenvalue weighted by atomic mass is 10.0. The third-order valence-corrected chi connectivity index (χ3v) is 4.57. The van der Waals surface area contributed by atoms with E-state index in [2.05, 4.69) is 16.2 Å². The van der Waals surface area contributed by atoms with Crippen LogP contribution in [-0.2, 0) is 9.59 Å². The number of aromatic hydroxyl groups is 1.